The SMILES string of the molecule is COC(=O)c1c(-c2nc3ccccn3c2Cc2cn(CCOC3CCCCO3)c3cccc(C)c23)ccc2ccccc12. The number of ether oxygens (including phenoxy) is 3. The Hall–Kier alpha value is -4.46. The molecule has 7 heteroatoms. The third kappa shape index (κ3) is 5.09. The average molecular weight is 574 g/mol. The molecule has 1 aliphatic heterocycles. The van der Waals surface area contributed by atoms with Gasteiger partial charge in [-0.2, -0.15) is 0 Å². The summed E-state index contributed by atoms with van der Waals surface area (Å²) in [4.78, 5) is 18.4. The molecule has 4 heterocycles. The summed E-state index contributed by atoms with van der Waals surface area (Å²) < 4.78 is 21.6. The molecular weight excluding hydrogens is 538 g/mol. The first-order chi connectivity index (χ1) is 21.1. The molecule has 218 valence electrons. The van der Waals surface area contributed by atoms with Gasteiger partial charge >= 0.3 is 5.97 Å². The number of esters is 1. The highest BCUT2D eigenvalue weighted by Crippen LogP contribution is 2.36. The zero-order valence-electron chi connectivity index (χ0n) is 24.6. The second-order valence-electron chi connectivity index (χ2n) is 11.2. The highest BCUT2D eigenvalue weighted by Gasteiger charge is 2.24. The number of methoxy groups -OCH3 is 1. The summed E-state index contributed by atoms with van der Waals surface area (Å²) in [5.74, 6) is -0.371. The number of hydrogen-bond acceptors (Lipinski definition) is 5. The third-order valence-corrected chi connectivity index (χ3v) is 8.53. The standard InChI is InChI=1S/C36H35N3O4/c1-24-10-9-13-29-33(24)26(23-38(29)19-21-43-32-15-6-8-20-42-32)22-30-35(37-31-14-5-7-18-39(30)31)28-17-16-25-11-3-4-12-27(25)34(28)36(40)41-2/h3-5,7,9-14,16-18,23,32H,6,8,15,19-22H2,1-2H3. The number of hydrogen-bond donors (Lipinski definition) is 0. The van der Waals surface area contributed by atoms with Crippen molar-refractivity contribution in [3.63, 3.8) is 0 Å². The maximum atomic E-state index is 13.3. The summed E-state index contributed by atoms with van der Waals surface area (Å²) in [5, 5.41) is 3.07. The lowest BCUT2D eigenvalue weighted by molar-refractivity contribution is -0.163. The van der Waals surface area contributed by atoms with E-state index < -0.39 is 0 Å². The Balaban J connectivity index is 1.33. The monoisotopic (exact) mass is 573 g/mol. The van der Waals surface area contributed by atoms with Gasteiger partial charge in [-0.25, -0.2) is 9.78 Å². The fraction of sp³-hybridized carbons (Fsp3) is 0.278. The number of aryl methyl sites for hydroxylation is 1. The molecule has 0 spiro atoms. The van der Waals surface area contributed by atoms with Gasteiger partial charge in [-0.15, -0.1) is 0 Å². The van der Waals surface area contributed by atoms with Crippen LogP contribution in [0.1, 0.15) is 46.4 Å². The van der Waals surface area contributed by atoms with Crippen LogP contribution in [0.15, 0.2) is 85.2 Å². The van der Waals surface area contributed by atoms with Crippen molar-refractivity contribution in [2.24, 2.45) is 0 Å². The maximum absolute atomic E-state index is 13.3. The van der Waals surface area contributed by atoms with Gasteiger partial charge in [0.15, 0.2) is 6.29 Å². The highest BCUT2D eigenvalue weighted by molar-refractivity contribution is 6.10. The van der Waals surface area contributed by atoms with E-state index in [1.165, 1.54) is 29.1 Å². The summed E-state index contributed by atoms with van der Waals surface area (Å²) in [6, 6.07) is 24.4. The second-order valence-corrected chi connectivity index (χ2v) is 11.2. The van der Waals surface area contributed by atoms with Gasteiger partial charge in [0.25, 0.3) is 0 Å². The van der Waals surface area contributed by atoms with Gasteiger partial charge in [0.2, 0.25) is 0 Å². The highest BCUT2D eigenvalue weighted by atomic mass is 16.7. The van der Waals surface area contributed by atoms with E-state index in [-0.39, 0.29) is 12.3 Å². The lowest BCUT2D eigenvalue weighted by Crippen LogP contribution is -2.23. The number of nitrogens with zero attached hydrogens (tertiary/aromatic N) is 3. The minimum Gasteiger partial charge on any atom is -0.465 e. The number of carbonyl (C=O) groups excluding carboxylic acids is 1. The second kappa shape index (κ2) is 11.7. The van der Waals surface area contributed by atoms with E-state index in [1.54, 1.807) is 0 Å². The van der Waals surface area contributed by atoms with E-state index in [9.17, 15) is 4.79 Å². The Morgan fingerprint density at radius 1 is 1.02 bits per heavy atom. The number of carbonyl (C=O) groups is 1. The van der Waals surface area contributed by atoms with Crippen molar-refractivity contribution in [2.75, 3.05) is 20.3 Å². The molecular formula is C36H35N3O4. The van der Waals surface area contributed by atoms with Gasteiger partial charge in [-0.05, 0) is 66.3 Å². The van der Waals surface area contributed by atoms with E-state index >= 15 is 0 Å². The Morgan fingerprint density at radius 2 is 1.91 bits per heavy atom. The molecule has 0 saturated carbocycles. The van der Waals surface area contributed by atoms with Gasteiger partial charge in [0.1, 0.15) is 5.65 Å². The van der Waals surface area contributed by atoms with Crippen molar-refractivity contribution in [2.45, 2.75) is 45.4 Å². The summed E-state index contributed by atoms with van der Waals surface area (Å²) in [7, 11) is 1.43. The smallest absolute Gasteiger partial charge is 0.339 e. The van der Waals surface area contributed by atoms with E-state index in [4.69, 9.17) is 19.2 Å². The van der Waals surface area contributed by atoms with Crippen molar-refractivity contribution in [1.29, 1.82) is 0 Å². The number of pyridine rings is 1. The minimum atomic E-state index is -0.371. The Bertz CT molecular complexity index is 1950. The third-order valence-electron chi connectivity index (χ3n) is 8.53. The van der Waals surface area contributed by atoms with Crippen molar-refractivity contribution >= 4 is 33.3 Å². The fourth-order valence-electron chi connectivity index (χ4n) is 6.48. The molecule has 1 aliphatic rings. The van der Waals surface area contributed by atoms with E-state index in [0.717, 1.165) is 65.8 Å². The Kier molecular flexibility index (Phi) is 7.43. The minimum absolute atomic E-state index is 0.108. The van der Waals surface area contributed by atoms with Crippen LogP contribution in [0.25, 0.3) is 38.6 Å². The zero-order valence-corrected chi connectivity index (χ0v) is 24.6. The number of rotatable bonds is 8. The number of aromatic nitrogens is 3. The first-order valence-corrected chi connectivity index (χ1v) is 15.0. The van der Waals surface area contributed by atoms with Crippen molar-refractivity contribution < 1.29 is 19.0 Å². The molecule has 6 aromatic rings. The molecule has 0 bridgehead atoms. The molecule has 1 saturated heterocycles. The molecule has 1 unspecified atom stereocenters. The van der Waals surface area contributed by atoms with Crippen LogP contribution in [0.5, 0.6) is 0 Å². The van der Waals surface area contributed by atoms with Crippen molar-refractivity contribution in [1.82, 2.24) is 14.0 Å². The maximum Gasteiger partial charge on any atom is 0.339 e. The van der Waals surface area contributed by atoms with Gasteiger partial charge in [0, 0.05) is 48.4 Å². The first-order valence-electron chi connectivity index (χ1n) is 15.0. The Labute approximate surface area is 250 Å². The molecule has 0 radical (unpaired) electrons. The first kappa shape index (κ1) is 27.4. The number of fused-ring (bicyclic) bond motifs is 3. The number of imidazole rings is 1. The van der Waals surface area contributed by atoms with Crippen molar-refractivity contribution in [3.05, 3.63) is 108 Å². The summed E-state index contributed by atoms with van der Waals surface area (Å²) in [6.07, 6.45) is 8.03. The summed E-state index contributed by atoms with van der Waals surface area (Å²) >= 11 is 0. The predicted molar refractivity (Wildman–Crippen MR) is 168 cm³/mol. The van der Waals surface area contributed by atoms with Gasteiger partial charge in [0.05, 0.1) is 30.7 Å². The largest absolute Gasteiger partial charge is 0.465 e. The quantitative estimate of drug-likeness (QED) is 0.178. The van der Waals surface area contributed by atoms with Gasteiger partial charge in [-0.3, -0.25) is 0 Å². The lowest BCUT2D eigenvalue weighted by atomic mass is 9.94. The molecule has 0 N–H and O–H groups in total. The molecule has 7 rings (SSSR count). The molecule has 43 heavy (non-hydrogen) atoms. The molecule has 3 aromatic carbocycles. The summed E-state index contributed by atoms with van der Waals surface area (Å²) in [6.45, 7) is 4.26. The fourth-order valence-corrected chi connectivity index (χ4v) is 6.48. The van der Waals surface area contributed by atoms with E-state index in [2.05, 4.69) is 46.4 Å². The van der Waals surface area contributed by atoms with E-state index in [1.807, 2.05) is 54.7 Å². The Morgan fingerprint density at radius 3 is 2.77 bits per heavy atom. The molecule has 1 atom stereocenters. The topological polar surface area (TPSA) is 67.0 Å². The molecule has 3 aromatic heterocycles. The average Bonchev–Trinajstić information content (AvgIpc) is 3.59. The van der Waals surface area contributed by atoms with Crippen LogP contribution in [0, 0.1) is 6.92 Å². The lowest BCUT2D eigenvalue weighted by Gasteiger charge is -2.22. The van der Waals surface area contributed by atoms with Crippen LogP contribution in [-0.4, -0.2) is 46.5 Å². The van der Waals surface area contributed by atoms with E-state index in [0.29, 0.717) is 18.6 Å². The molecule has 7 nitrogen and oxygen atoms in total. The predicted octanol–water partition coefficient (Wildman–Crippen LogP) is 7.34. The number of benzene rings is 3. The van der Waals surface area contributed by atoms with Crippen molar-refractivity contribution in [3.8, 4) is 11.3 Å². The van der Waals surface area contributed by atoms with Crippen LogP contribution in [0.2, 0.25) is 0 Å². The van der Waals surface area contributed by atoms with Crippen LogP contribution in [0.3, 0.4) is 0 Å². The van der Waals surface area contributed by atoms with Gasteiger partial charge in [-0.1, -0.05) is 54.6 Å². The molecule has 0 aliphatic carbocycles. The van der Waals surface area contributed by atoms with Crippen LogP contribution in [-0.2, 0) is 27.2 Å². The zero-order chi connectivity index (χ0) is 29.3. The molecule has 1 fully saturated rings. The normalized spacial score (nSPS) is 15.4. The van der Waals surface area contributed by atoms with Crippen LogP contribution < -0.4 is 0 Å². The van der Waals surface area contributed by atoms with Crippen LogP contribution >= 0.6 is 0 Å². The molecule has 0 amide bonds. The van der Waals surface area contributed by atoms with Gasteiger partial charge < -0.3 is 23.2 Å². The van der Waals surface area contributed by atoms with Crippen LogP contribution in [0.4, 0.5) is 0 Å². The summed E-state index contributed by atoms with van der Waals surface area (Å²) in [5.41, 5.74) is 7.54.